The minimum atomic E-state index is -3.64. The third-order valence-corrected chi connectivity index (χ3v) is 12.4. The van der Waals surface area contributed by atoms with Gasteiger partial charge in [-0.05, 0) is 55.6 Å². The number of ether oxygens (including phenoxy) is 2. The molecule has 64 heavy (non-hydrogen) atoms. The van der Waals surface area contributed by atoms with E-state index in [-0.39, 0.29) is 11.5 Å². The van der Waals surface area contributed by atoms with Crippen molar-refractivity contribution in [1.82, 2.24) is 56.8 Å². The summed E-state index contributed by atoms with van der Waals surface area (Å²) in [6.07, 6.45) is 1.07. The molecule has 2 amide bonds. The molecule has 6 atom stereocenters. The second kappa shape index (κ2) is 34.9. The van der Waals surface area contributed by atoms with Crippen LogP contribution in [0.15, 0.2) is 0 Å². The summed E-state index contributed by atoms with van der Waals surface area (Å²) in [5, 5.41) is 1.25. The number of sulfonamides is 3. The van der Waals surface area contributed by atoms with Crippen LogP contribution in [0, 0.1) is 0 Å². The molecule has 34 nitrogen and oxygen atoms in total. The van der Waals surface area contributed by atoms with E-state index in [0.29, 0.717) is 9.42 Å². The van der Waals surface area contributed by atoms with Crippen molar-refractivity contribution < 1.29 is 96.9 Å². The summed E-state index contributed by atoms with van der Waals surface area (Å²) >= 11 is -17.3. The molecular formula is C21H56N12O22S9-6. The summed E-state index contributed by atoms with van der Waals surface area (Å²) < 4.78 is 196. The maximum atomic E-state index is 11.3. The molecule has 5 N–H and O–H groups in total. The third kappa shape index (κ3) is 43.2. The zero-order valence-corrected chi connectivity index (χ0v) is 44.6. The van der Waals surface area contributed by atoms with Crippen molar-refractivity contribution in [2.75, 3.05) is 75.1 Å². The molecule has 0 rings (SSSR count). The molecule has 0 saturated carbocycles. The van der Waals surface area contributed by atoms with Crippen molar-refractivity contribution in [3.63, 3.8) is 0 Å². The maximum Gasteiger partial charge on any atom is 0.439 e. The van der Waals surface area contributed by atoms with Gasteiger partial charge >= 0.3 is 12.2 Å². The zero-order chi connectivity index (χ0) is 53.1. The Balaban J connectivity index is -0.000000162. The molecule has 0 fully saturated rings. The van der Waals surface area contributed by atoms with E-state index in [1.54, 1.807) is 48.6 Å². The lowest BCUT2D eigenvalue weighted by molar-refractivity contribution is 0.0107. The molecule has 0 saturated heterocycles. The normalized spacial score (nSPS) is 14.8. The van der Waals surface area contributed by atoms with Gasteiger partial charge in [-0.15, -0.1) is 8.83 Å². The quantitative estimate of drug-likeness (QED) is 0.0753. The fourth-order valence-electron chi connectivity index (χ4n) is 2.21. The van der Waals surface area contributed by atoms with Crippen LogP contribution in [0.1, 0.15) is 41.5 Å². The number of rotatable bonds is 15. The lowest BCUT2D eigenvalue weighted by Crippen LogP contribution is -2.47. The average Bonchev–Trinajstić information content (AvgIpc) is 3.01. The number of nitrogens with one attached hydrogen (secondary N) is 5. The van der Waals surface area contributed by atoms with E-state index >= 15 is 0 Å². The molecule has 0 aliphatic carbocycles. The first-order valence-electron chi connectivity index (χ1n) is 15.7. The minimum Gasteiger partial charge on any atom is -0.758 e. The molecule has 392 valence electrons. The molecular weight excluding hydrogens is 1060 g/mol. The highest BCUT2D eigenvalue weighted by atomic mass is 32.3. The van der Waals surface area contributed by atoms with E-state index in [9.17, 15) is 87.4 Å². The van der Waals surface area contributed by atoms with Crippen LogP contribution in [-0.2, 0) is 107 Å². The van der Waals surface area contributed by atoms with Crippen LogP contribution in [0.4, 0.5) is 9.59 Å². The van der Waals surface area contributed by atoms with Gasteiger partial charge in [-0.3, -0.25) is 25.3 Å². The molecule has 0 aromatic carbocycles. The first-order chi connectivity index (χ1) is 28.2. The molecule has 0 spiro atoms. The first-order valence-corrected chi connectivity index (χ1v) is 27.5. The van der Waals surface area contributed by atoms with E-state index in [1.807, 2.05) is 10.3 Å². The largest absolute Gasteiger partial charge is 0.758 e. The smallest absolute Gasteiger partial charge is 0.439 e. The van der Waals surface area contributed by atoms with Gasteiger partial charge in [-0.1, -0.05) is 11.5 Å². The molecule has 0 aliphatic heterocycles. The summed E-state index contributed by atoms with van der Waals surface area (Å²) in [6, 6.07) is 0. The highest BCUT2D eigenvalue weighted by Crippen LogP contribution is 2.12. The van der Waals surface area contributed by atoms with Crippen LogP contribution < -0.4 is 26.5 Å². The van der Waals surface area contributed by atoms with Crippen LogP contribution in [0.3, 0.4) is 0 Å². The van der Waals surface area contributed by atoms with Crippen molar-refractivity contribution >= 4 is 110 Å². The van der Waals surface area contributed by atoms with E-state index in [1.165, 1.54) is 42.3 Å². The van der Waals surface area contributed by atoms with Gasteiger partial charge in [-0.2, -0.15) is 4.83 Å². The fraction of sp³-hybridized carbons (Fsp3) is 0.905. The maximum absolute atomic E-state index is 11.3. The van der Waals surface area contributed by atoms with Gasteiger partial charge in [0.25, 0.3) is 10.0 Å². The minimum absolute atomic E-state index is 0.0417. The number of hydrazine groups is 6. The standard InChI is InChI=1S/C7H16N2O4S.C6H14N2O6S2.C3H10N2O2S.C2H8N2O4S2.C2H8N2O2S.CH6N2O4S2/c1-7(2,3)13-6(10)9(8-4)14(5,11)12;1-6(2,3)14-5(9)7(4)8(15(10)11)16(12)13;1-4-5(2)8(3,6)7;1-3(2)4(9(5)6)10(7)8;1-3-4-7(2,5)6;1-2-3(8(4)5)9(6)7/h8H,1-5H3;1-4H3,(H,10,11)(H,12,13);4H,1-3H3;1-2H3,(H,5,6)(H,7,8);3-4H,1-2H3;2H,1H3,(H,4,5)(H,6,7)/p-6. The topological polar surface area (TPSA) is 479 Å². The van der Waals surface area contributed by atoms with Crippen LogP contribution in [0.5, 0.6) is 0 Å². The van der Waals surface area contributed by atoms with Crippen molar-refractivity contribution in [3.8, 4) is 0 Å². The SMILES string of the molecule is CN(C(=O)OC(C)(C)C)N(S(=O)[O-])S(=O)[O-].CN(C)N(S(=O)[O-])S(=O)[O-].CNN(C(=O)OC(C)(C)C)S(C)(=O)=O.CNN(C)S(C)(=O)=O.CNN(S(=O)[O-])S(=O)[O-].CNNS(C)(=O)=O. The Morgan fingerprint density at radius 3 is 0.953 bits per heavy atom. The third-order valence-electron chi connectivity index (χ3n) is 4.39. The van der Waals surface area contributed by atoms with Crippen LogP contribution in [0.2, 0.25) is 0 Å². The lowest BCUT2D eigenvalue weighted by atomic mass is 10.2. The van der Waals surface area contributed by atoms with E-state index in [0.717, 1.165) is 35.2 Å². The van der Waals surface area contributed by atoms with Gasteiger partial charge in [0.2, 0.25) is 20.0 Å². The van der Waals surface area contributed by atoms with Crippen LogP contribution in [0.25, 0.3) is 0 Å². The van der Waals surface area contributed by atoms with Gasteiger partial charge in [0.1, 0.15) is 11.2 Å². The lowest BCUT2D eigenvalue weighted by Gasteiger charge is -2.34. The number of carbonyl (C=O) groups is 2. The predicted octanol–water partition coefficient (Wildman–Crippen LogP) is -5.98. The molecule has 0 aliphatic rings. The van der Waals surface area contributed by atoms with E-state index in [2.05, 4.69) is 16.3 Å². The summed E-state index contributed by atoms with van der Waals surface area (Å²) in [6.45, 7) is 9.64. The predicted molar refractivity (Wildman–Crippen MR) is 226 cm³/mol. The molecule has 0 aromatic rings. The second-order valence-corrected chi connectivity index (χ2v) is 23.4. The van der Waals surface area contributed by atoms with Gasteiger partial charge in [0, 0.05) is 87.4 Å². The van der Waals surface area contributed by atoms with E-state index in [4.69, 9.17) is 9.47 Å². The zero-order valence-electron chi connectivity index (χ0n) is 37.3. The van der Waals surface area contributed by atoms with Crippen molar-refractivity contribution in [2.24, 2.45) is 0 Å². The second-order valence-electron chi connectivity index (χ2n) is 12.4. The average molecular weight is 1120 g/mol. The highest BCUT2D eigenvalue weighted by molar-refractivity contribution is 7.93. The summed E-state index contributed by atoms with van der Waals surface area (Å²) in [5.74, 6) is 0. The number of hydrogen-bond donors (Lipinski definition) is 5. The molecule has 0 aromatic heterocycles. The fourth-order valence-corrected chi connectivity index (χ4v) is 6.11. The Bertz CT molecular complexity index is 1830. The van der Waals surface area contributed by atoms with Gasteiger partial charge in [0.15, 0.2) is 0 Å². The molecule has 0 radical (unpaired) electrons. The Morgan fingerprint density at radius 1 is 0.516 bits per heavy atom. The number of hydrogen-bond acceptors (Lipinski definition) is 27. The molecule has 0 bridgehead atoms. The highest BCUT2D eigenvalue weighted by Gasteiger charge is 2.28. The molecule has 6 unspecified atom stereocenters. The molecule has 43 heteroatoms. The first kappa shape index (κ1) is 74.2. The van der Waals surface area contributed by atoms with Crippen LogP contribution in [-0.4, -0.2) is 207 Å². The molecule has 0 heterocycles. The number of nitrogens with zero attached hydrogens (tertiary/aromatic N) is 7. The summed E-state index contributed by atoms with van der Waals surface area (Å²) in [7, 11) is 0.814. The Kier molecular flexibility index (Phi) is 40.4. The Labute approximate surface area is 389 Å². The number of carbonyl (C=O) groups excluding carboxylic acids is 2. The van der Waals surface area contributed by atoms with Crippen molar-refractivity contribution in [2.45, 2.75) is 52.7 Å². The summed E-state index contributed by atoms with van der Waals surface area (Å²) in [4.78, 5) is 24.6. The van der Waals surface area contributed by atoms with Crippen molar-refractivity contribution in [3.05, 3.63) is 0 Å². The Morgan fingerprint density at radius 2 is 0.844 bits per heavy atom. The monoisotopic (exact) mass is 1120 g/mol. The Hall–Kier alpha value is -1.35. The van der Waals surface area contributed by atoms with E-state index < -0.39 is 121 Å². The summed E-state index contributed by atoms with van der Waals surface area (Å²) in [5.41, 5.74) is 7.28. The van der Waals surface area contributed by atoms with Gasteiger partial charge in [-0.25, -0.2) is 66.6 Å². The number of amides is 2. The van der Waals surface area contributed by atoms with Crippen LogP contribution >= 0.6 is 0 Å². The van der Waals surface area contributed by atoms with Gasteiger partial charge < -0.3 is 36.8 Å². The van der Waals surface area contributed by atoms with Gasteiger partial charge in [0.05, 0.1) is 41.3 Å². The van der Waals surface area contributed by atoms with Crippen molar-refractivity contribution in [1.29, 1.82) is 0 Å².